The van der Waals surface area contributed by atoms with Gasteiger partial charge in [-0.1, -0.05) is 13.8 Å². The Morgan fingerprint density at radius 1 is 1.42 bits per heavy atom. The standard InChI is InChI=1S/C13H21N5O/c1-3-13(4-2)7-8-18(9-13)12(19)10-5-6-11(15-14)17-16-10/h5-6H,3-4,7-9,14H2,1-2H3,(H,15,17). The van der Waals surface area contributed by atoms with Crippen LogP contribution >= 0.6 is 0 Å². The van der Waals surface area contributed by atoms with Gasteiger partial charge >= 0.3 is 0 Å². The van der Waals surface area contributed by atoms with Crippen molar-refractivity contribution in [1.82, 2.24) is 15.1 Å². The second-order valence-electron chi connectivity index (χ2n) is 5.13. The second kappa shape index (κ2) is 5.52. The molecule has 1 amide bonds. The monoisotopic (exact) mass is 263 g/mol. The van der Waals surface area contributed by atoms with E-state index in [2.05, 4.69) is 29.5 Å². The van der Waals surface area contributed by atoms with Gasteiger partial charge in [0.15, 0.2) is 11.5 Å². The van der Waals surface area contributed by atoms with Crippen LogP contribution in [0.2, 0.25) is 0 Å². The molecule has 19 heavy (non-hydrogen) atoms. The molecule has 3 N–H and O–H groups in total. The molecule has 0 aliphatic carbocycles. The van der Waals surface area contributed by atoms with Crippen LogP contribution in [0.15, 0.2) is 12.1 Å². The van der Waals surface area contributed by atoms with Crippen molar-refractivity contribution >= 4 is 11.7 Å². The van der Waals surface area contributed by atoms with Crippen LogP contribution < -0.4 is 11.3 Å². The summed E-state index contributed by atoms with van der Waals surface area (Å²) in [6.45, 7) is 6.01. The number of hydrogen-bond donors (Lipinski definition) is 2. The lowest BCUT2D eigenvalue weighted by molar-refractivity contribution is 0.0763. The topological polar surface area (TPSA) is 84.1 Å². The van der Waals surface area contributed by atoms with E-state index in [1.807, 2.05) is 4.90 Å². The fourth-order valence-corrected chi connectivity index (χ4v) is 2.62. The van der Waals surface area contributed by atoms with E-state index in [1.165, 1.54) is 0 Å². The molecule has 0 unspecified atom stereocenters. The van der Waals surface area contributed by atoms with Gasteiger partial charge in [-0.15, -0.1) is 10.2 Å². The van der Waals surface area contributed by atoms with Crippen LogP contribution in [-0.2, 0) is 0 Å². The van der Waals surface area contributed by atoms with Crippen LogP contribution in [-0.4, -0.2) is 34.1 Å². The second-order valence-corrected chi connectivity index (χ2v) is 5.13. The predicted octanol–water partition coefficient (Wildman–Crippen LogP) is 1.41. The van der Waals surface area contributed by atoms with Gasteiger partial charge in [0.25, 0.3) is 5.91 Å². The first-order valence-electron chi connectivity index (χ1n) is 6.74. The third-order valence-corrected chi connectivity index (χ3v) is 4.26. The van der Waals surface area contributed by atoms with Gasteiger partial charge < -0.3 is 10.3 Å². The normalized spacial score (nSPS) is 17.5. The summed E-state index contributed by atoms with van der Waals surface area (Å²) in [7, 11) is 0. The molecule has 1 aliphatic heterocycles. The average Bonchev–Trinajstić information content (AvgIpc) is 2.92. The van der Waals surface area contributed by atoms with E-state index in [9.17, 15) is 4.79 Å². The fourth-order valence-electron chi connectivity index (χ4n) is 2.62. The third-order valence-electron chi connectivity index (χ3n) is 4.26. The highest BCUT2D eigenvalue weighted by Crippen LogP contribution is 2.37. The Morgan fingerprint density at radius 2 is 2.16 bits per heavy atom. The first-order valence-corrected chi connectivity index (χ1v) is 6.74. The maximum absolute atomic E-state index is 12.3. The number of nitrogens with one attached hydrogen (secondary N) is 1. The molecular formula is C13H21N5O. The van der Waals surface area contributed by atoms with Crippen LogP contribution in [0.4, 0.5) is 5.82 Å². The van der Waals surface area contributed by atoms with Crippen molar-refractivity contribution in [2.75, 3.05) is 18.5 Å². The largest absolute Gasteiger partial charge is 0.337 e. The van der Waals surface area contributed by atoms with Gasteiger partial charge in [-0.3, -0.25) is 4.79 Å². The number of carbonyl (C=O) groups is 1. The highest BCUT2D eigenvalue weighted by Gasteiger charge is 2.37. The summed E-state index contributed by atoms with van der Waals surface area (Å²) in [6, 6.07) is 3.31. The molecule has 2 heterocycles. The Morgan fingerprint density at radius 3 is 2.63 bits per heavy atom. The number of rotatable bonds is 4. The van der Waals surface area contributed by atoms with Gasteiger partial charge in [0.05, 0.1) is 0 Å². The predicted molar refractivity (Wildman–Crippen MR) is 73.4 cm³/mol. The highest BCUT2D eigenvalue weighted by atomic mass is 16.2. The quantitative estimate of drug-likeness (QED) is 0.634. The number of nitrogens with two attached hydrogens (primary N) is 1. The van der Waals surface area contributed by atoms with Crippen molar-refractivity contribution in [3.05, 3.63) is 17.8 Å². The number of anilines is 1. The number of likely N-dealkylation sites (tertiary alicyclic amines) is 1. The van der Waals surface area contributed by atoms with E-state index in [0.29, 0.717) is 11.5 Å². The zero-order chi connectivity index (χ0) is 13.9. The minimum Gasteiger partial charge on any atom is -0.337 e. The van der Waals surface area contributed by atoms with Crippen molar-refractivity contribution in [1.29, 1.82) is 0 Å². The number of nitrogen functional groups attached to an aromatic ring is 1. The highest BCUT2D eigenvalue weighted by molar-refractivity contribution is 5.92. The summed E-state index contributed by atoms with van der Waals surface area (Å²) in [6.07, 6.45) is 3.28. The van der Waals surface area contributed by atoms with Crippen LogP contribution in [0.25, 0.3) is 0 Å². The van der Waals surface area contributed by atoms with Gasteiger partial charge in [-0.05, 0) is 36.8 Å². The molecule has 0 bridgehead atoms. The SMILES string of the molecule is CCC1(CC)CCN(C(=O)c2ccc(NN)nn2)C1. The molecule has 1 fully saturated rings. The van der Waals surface area contributed by atoms with Crippen molar-refractivity contribution in [3.8, 4) is 0 Å². The summed E-state index contributed by atoms with van der Waals surface area (Å²) in [4.78, 5) is 14.2. The molecule has 1 aliphatic rings. The lowest BCUT2D eigenvalue weighted by Crippen LogP contribution is -2.32. The summed E-state index contributed by atoms with van der Waals surface area (Å²) < 4.78 is 0. The first kappa shape index (κ1) is 13.7. The van der Waals surface area contributed by atoms with E-state index in [0.717, 1.165) is 32.4 Å². The molecule has 1 saturated heterocycles. The molecule has 2 rings (SSSR count). The van der Waals surface area contributed by atoms with Gasteiger partial charge in [0.1, 0.15) is 0 Å². The number of aromatic nitrogens is 2. The minimum absolute atomic E-state index is 0.0418. The number of nitrogens with zero attached hydrogens (tertiary/aromatic N) is 3. The minimum atomic E-state index is -0.0418. The van der Waals surface area contributed by atoms with E-state index in [4.69, 9.17) is 5.84 Å². The van der Waals surface area contributed by atoms with Crippen LogP contribution in [0, 0.1) is 5.41 Å². The molecule has 0 atom stereocenters. The van der Waals surface area contributed by atoms with Gasteiger partial charge in [0.2, 0.25) is 0 Å². The number of amides is 1. The molecule has 0 aromatic carbocycles. The van der Waals surface area contributed by atoms with Gasteiger partial charge in [-0.25, -0.2) is 5.84 Å². The molecule has 104 valence electrons. The van der Waals surface area contributed by atoms with Gasteiger partial charge in [0, 0.05) is 13.1 Å². The maximum atomic E-state index is 12.3. The number of carbonyl (C=O) groups excluding carboxylic acids is 1. The number of hydrogen-bond acceptors (Lipinski definition) is 5. The molecule has 6 heteroatoms. The van der Waals surface area contributed by atoms with Gasteiger partial charge in [-0.2, -0.15) is 0 Å². The lowest BCUT2D eigenvalue weighted by Gasteiger charge is -2.26. The lowest BCUT2D eigenvalue weighted by atomic mass is 9.82. The van der Waals surface area contributed by atoms with Crippen LogP contribution in [0.5, 0.6) is 0 Å². The maximum Gasteiger partial charge on any atom is 0.274 e. The Bertz CT molecular complexity index is 441. The smallest absolute Gasteiger partial charge is 0.274 e. The van der Waals surface area contributed by atoms with E-state index in [-0.39, 0.29) is 11.3 Å². The Balaban J connectivity index is 2.08. The molecule has 0 saturated carbocycles. The Labute approximate surface area is 113 Å². The van der Waals surface area contributed by atoms with E-state index < -0.39 is 0 Å². The molecule has 0 radical (unpaired) electrons. The van der Waals surface area contributed by atoms with Crippen molar-refractivity contribution in [3.63, 3.8) is 0 Å². The van der Waals surface area contributed by atoms with Crippen molar-refractivity contribution < 1.29 is 4.79 Å². The van der Waals surface area contributed by atoms with E-state index in [1.54, 1.807) is 12.1 Å². The van der Waals surface area contributed by atoms with E-state index >= 15 is 0 Å². The third kappa shape index (κ3) is 2.68. The Hall–Kier alpha value is -1.69. The van der Waals surface area contributed by atoms with Crippen molar-refractivity contribution in [2.24, 2.45) is 11.3 Å². The Kier molecular flexibility index (Phi) is 3.99. The molecule has 0 spiro atoms. The zero-order valence-electron chi connectivity index (χ0n) is 11.5. The molecule has 6 nitrogen and oxygen atoms in total. The van der Waals surface area contributed by atoms with Crippen LogP contribution in [0.3, 0.4) is 0 Å². The molecule has 1 aromatic heterocycles. The first-order chi connectivity index (χ1) is 9.14. The summed E-state index contributed by atoms with van der Waals surface area (Å²) in [5.74, 6) is 5.63. The fraction of sp³-hybridized carbons (Fsp3) is 0.615. The molecular weight excluding hydrogens is 242 g/mol. The summed E-state index contributed by atoms with van der Waals surface area (Å²) >= 11 is 0. The number of hydrazine groups is 1. The average molecular weight is 263 g/mol. The zero-order valence-corrected chi connectivity index (χ0v) is 11.5. The summed E-state index contributed by atoms with van der Waals surface area (Å²) in [5.41, 5.74) is 3.05. The van der Waals surface area contributed by atoms with Crippen molar-refractivity contribution in [2.45, 2.75) is 33.1 Å². The van der Waals surface area contributed by atoms with Crippen LogP contribution in [0.1, 0.15) is 43.6 Å². The summed E-state index contributed by atoms with van der Waals surface area (Å²) in [5, 5.41) is 7.74. The molecule has 1 aromatic rings.